The van der Waals surface area contributed by atoms with E-state index in [0.29, 0.717) is 6.42 Å². The fourth-order valence-corrected chi connectivity index (χ4v) is 4.12. The van der Waals surface area contributed by atoms with Crippen molar-refractivity contribution in [2.45, 2.75) is 26.3 Å². The number of amides is 1. The number of hydrogen-bond donors (Lipinski definition) is 1. The van der Waals surface area contributed by atoms with Gasteiger partial charge >= 0.3 is 10.2 Å². The highest BCUT2D eigenvalue weighted by Crippen LogP contribution is 2.25. The molecule has 0 heterocycles. The molecule has 1 atom stereocenters. The molecule has 9 heteroatoms. The number of para-hydroxylation sites is 1. The number of benzene rings is 2. The molecule has 1 amide bonds. The van der Waals surface area contributed by atoms with Crippen LogP contribution in [0.25, 0.3) is 0 Å². The van der Waals surface area contributed by atoms with E-state index in [1.54, 1.807) is 7.11 Å². The SMILES string of the molecule is CCC(NC(=O)CN(c1ccccc1F)S(=O)(=O)N(C)C)c1ccc(OC)c(C)c1. The minimum atomic E-state index is -4.08. The molecule has 164 valence electrons. The summed E-state index contributed by atoms with van der Waals surface area (Å²) in [5, 5.41) is 2.85. The number of rotatable bonds is 9. The van der Waals surface area contributed by atoms with E-state index < -0.39 is 28.5 Å². The maximum Gasteiger partial charge on any atom is 0.304 e. The van der Waals surface area contributed by atoms with E-state index in [0.717, 1.165) is 31.6 Å². The summed E-state index contributed by atoms with van der Waals surface area (Å²) in [6.07, 6.45) is 0.595. The number of ether oxygens (including phenoxy) is 1. The van der Waals surface area contributed by atoms with Gasteiger partial charge in [0.2, 0.25) is 5.91 Å². The molecule has 0 aliphatic heterocycles. The van der Waals surface area contributed by atoms with Gasteiger partial charge in [0.1, 0.15) is 18.1 Å². The first-order chi connectivity index (χ1) is 14.1. The number of nitrogens with one attached hydrogen (secondary N) is 1. The largest absolute Gasteiger partial charge is 0.496 e. The zero-order chi connectivity index (χ0) is 22.5. The van der Waals surface area contributed by atoms with Crippen LogP contribution in [0.3, 0.4) is 0 Å². The van der Waals surface area contributed by atoms with Crippen LogP contribution in [0.5, 0.6) is 5.75 Å². The second-order valence-electron chi connectivity index (χ2n) is 7.01. The van der Waals surface area contributed by atoms with E-state index in [9.17, 15) is 17.6 Å². The summed E-state index contributed by atoms with van der Waals surface area (Å²) in [7, 11) is 0.163. The van der Waals surface area contributed by atoms with Crippen LogP contribution in [-0.4, -0.2) is 46.4 Å². The second kappa shape index (κ2) is 9.90. The highest BCUT2D eigenvalue weighted by Gasteiger charge is 2.29. The molecule has 0 fully saturated rings. The normalized spacial score (nSPS) is 12.5. The number of hydrogen-bond acceptors (Lipinski definition) is 4. The molecule has 0 saturated carbocycles. The van der Waals surface area contributed by atoms with E-state index in [1.165, 1.54) is 32.3 Å². The van der Waals surface area contributed by atoms with Crippen molar-refractivity contribution in [3.8, 4) is 5.75 Å². The highest BCUT2D eigenvalue weighted by atomic mass is 32.2. The lowest BCUT2D eigenvalue weighted by Gasteiger charge is -2.28. The van der Waals surface area contributed by atoms with Crippen LogP contribution in [0.2, 0.25) is 0 Å². The number of carbonyl (C=O) groups is 1. The first-order valence-electron chi connectivity index (χ1n) is 9.50. The van der Waals surface area contributed by atoms with Gasteiger partial charge in [-0.1, -0.05) is 31.2 Å². The van der Waals surface area contributed by atoms with Gasteiger partial charge in [-0.2, -0.15) is 12.7 Å². The van der Waals surface area contributed by atoms with Crippen LogP contribution in [0.4, 0.5) is 10.1 Å². The van der Waals surface area contributed by atoms with Crippen molar-refractivity contribution >= 4 is 21.8 Å². The summed E-state index contributed by atoms with van der Waals surface area (Å²) in [5.41, 5.74) is 1.61. The van der Waals surface area contributed by atoms with E-state index in [4.69, 9.17) is 4.74 Å². The third-order valence-electron chi connectivity index (χ3n) is 4.71. The smallest absolute Gasteiger partial charge is 0.304 e. The van der Waals surface area contributed by atoms with Crippen LogP contribution in [-0.2, 0) is 15.0 Å². The van der Waals surface area contributed by atoms with Crippen molar-refractivity contribution in [2.75, 3.05) is 32.1 Å². The quantitative estimate of drug-likeness (QED) is 0.654. The molecule has 1 unspecified atom stereocenters. The molecule has 0 spiro atoms. The van der Waals surface area contributed by atoms with Gasteiger partial charge in [-0.25, -0.2) is 8.70 Å². The maximum atomic E-state index is 14.3. The fourth-order valence-electron chi connectivity index (χ4n) is 3.05. The Morgan fingerprint density at radius 2 is 1.87 bits per heavy atom. The molecule has 0 saturated heterocycles. The van der Waals surface area contributed by atoms with E-state index in [-0.39, 0.29) is 11.7 Å². The Morgan fingerprint density at radius 1 is 1.20 bits per heavy atom. The Kier molecular flexibility index (Phi) is 7.80. The van der Waals surface area contributed by atoms with Gasteiger partial charge in [-0.05, 0) is 42.7 Å². The van der Waals surface area contributed by atoms with Gasteiger partial charge in [0, 0.05) is 14.1 Å². The molecule has 2 aromatic carbocycles. The Morgan fingerprint density at radius 3 is 2.40 bits per heavy atom. The fraction of sp³-hybridized carbons (Fsp3) is 0.381. The molecular weight excluding hydrogens is 409 g/mol. The zero-order valence-corrected chi connectivity index (χ0v) is 18.7. The number of anilines is 1. The lowest BCUT2D eigenvalue weighted by atomic mass is 10.0. The molecule has 2 aromatic rings. The van der Waals surface area contributed by atoms with Crippen molar-refractivity contribution < 1.29 is 22.3 Å². The van der Waals surface area contributed by atoms with Gasteiger partial charge in [-0.15, -0.1) is 0 Å². The second-order valence-corrected chi connectivity index (χ2v) is 9.07. The minimum Gasteiger partial charge on any atom is -0.496 e. The van der Waals surface area contributed by atoms with Crippen molar-refractivity contribution in [3.63, 3.8) is 0 Å². The Hall–Kier alpha value is -2.65. The minimum absolute atomic E-state index is 0.185. The number of carbonyl (C=O) groups excluding carboxylic acids is 1. The molecule has 2 rings (SSSR count). The van der Waals surface area contributed by atoms with Gasteiger partial charge in [-0.3, -0.25) is 4.79 Å². The lowest BCUT2D eigenvalue weighted by Crippen LogP contribution is -2.46. The Balaban J connectivity index is 2.29. The van der Waals surface area contributed by atoms with Gasteiger partial charge < -0.3 is 10.1 Å². The monoisotopic (exact) mass is 437 g/mol. The van der Waals surface area contributed by atoms with Crippen LogP contribution < -0.4 is 14.4 Å². The average molecular weight is 438 g/mol. The Labute approximate surface area is 177 Å². The predicted molar refractivity (Wildman–Crippen MR) is 115 cm³/mol. The number of methoxy groups -OCH3 is 1. The van der Waals surface area contributed by atoms with Gasteiger partial charge in [0.15, 0.2) is 0 Å². The molecule has 0 bridgehead atoms. The van der Waals surface area contributed by atoms with E-state index >= 15 is 0 Å². The summed E-state index contributed by atoms with van der Waals surface area (Å²) in [5.74, 6) is -0.528. The van der Waals surface area contributed by atoms with Crippen molar-refractivity contribution in [3.05, 3.63) is 59.4 Å². The summed E-state index contributed by atoms with van der Waals surface area (Å²) in [6, 6.07) is 10.7. The van der Waals surface area contributed by atoms with E-state index in [1.807, 2.05) is 32.0 Å². The summed E-state index contributed by atoms with van der Waals surface area (Å²) in [4.78, 5) is 12.8. The molecule has 0 radical (unpaired) electrons. The maximum absolute atomic E-state index is 14.3. The van der Waals surface area contributed by atoms with Gasteiger partial charge in [0.25, 0.3) is 0 Å². The number of halogens is 1. The van der Waals surface area contributed by atoms with Crippen molar-refractivity contribution in [1.29, 1.82) is 0 Å². The predicted octanol–water partition coefficient (Wildman–Crippen LogP) is 3.02. The average Bonchev–Trinajstić information content (AvgIpc) is 2.70. The molecule has 0 aromatic heterocycles. The summed E-state index contributed by atoms with van der Waals surface area (Å²) >= 11 is 0. The van der Waals surface area contributed by atoms with Crippen molar-refractivity contribution in [1.82, 2.24) is 9.62 Å². The van der Waals surface area contributed by atoms with Gasteiger partial charge in [0.05, 0.1) is 18.8 Å². The highest BCUT2D eigenvalue weighted by molar-refractivity contribution is 7.90. The van der Waals surface area contributed by atoms with Crippen LogP contribution in [0, 0.1) is 12.7 Å². The molecule has 7 nitrogen and oxygen atoms in total. The van der Waals surface area contributed by atoms with Crippen molar-refractivity contribution in [2.24, 2.45) is 0 Å². The number of nitrogens with zero attached hydrogens (tertiary/aromatic N) is 2. The standard InChI is InChI=1S/C21H28FN3O4S/c1-6-18(16-11-12-20(29-5)15(2)13-16)23-21(26)14-25(30(27,28)24(3)4)19-10-8-7-9-17(19)22/h7-13,18H,6,14H2,1-5H3,(H,23,26). The third-order valence-corrected chi connectivity index (χ3v) is 6.52. The molecule has 30 heavy (non-hydrogen) atoms. The lowest BCUT2D eigenvalue weighted by molar-refractivity contribution is -0.120. The first-order valence-corrected chi connectivity index (χ1v) is 10.9. The molecule has 0 aliphatic carbocycles. The summed E-state index contributed by atoms with van der Waals surface area (Å²) < 4.78 is 46.8. The van der Waals surface area contributed by atoms with E-state index in [2.05, 4.69) is 5.32 Å². The summed E-state index contributed by atoms with van der Waals surface area (Å²) in [6.45, 7) is 3.27. The number of aryl methyl sites for hydroxylation is 1. The van der Waals surface area contributed by atoms with Crippen LogP contribution in [0.1, 0.15) is 30.5 Å². The Bertz CT molecular complexity index is 995. The molecule has 1 N–H and O–H groups in total. The molecular formula is C21H28FN3O4S. The van der Waals surface area contributed by atoms with Crippen LogP contribution in [0.15, 0.2) is 42.5 Å². The third kappa shape index (κ3) is 5.28. The molecule has 0 aliphatic rings. The first kappa shape index (κ1) is 23.6. The topological polar surface area (TPSA) is 79.0 Å². The van der Waals surface area contributed by atoms with Crippen LogP contribution >= 0.6 is 0 Å². The zero-order valence-electron chi connectivity index (χ0n) is 17.8.